The summed E-state index contributed by atoms with van der Waals surface area (Å²) in [6, 6.07) is 11.5. The van der Waals surface area contributed by atoms with Gasteiger partial charge in [0.1, 0.15) is 17.7 Å². The van der Waals surface area contributed by atoms with Crippen molar-refractivity contribution in [2.75, 3.05) is 17.6 Å². The van der Waals surface area contributed by atoms with Crippen molar-refractivity contribution in [3.05, 3.63) is 64.7 Å². The van der Waals surface area contributed by atoms with Crippen molar-refractivity contribution >= 4 is 36.2 Å². The number of benzene rings is 2. The molecule has 0 saturated heterocycles. The lowest BCUT2D eigenvalue weighted by atomic mass is 9.93. The molecule has 0 aliphatic rings. The predicted octanol–water partition coefficient (Wildman–Crippen LogP) is 6.52. The first-order valence-electron chi connectivity index (χ1n) is 13.7. The molecule has 2 N–H and O–H groups in total. The van der Waals surface area contributed by atoms with Crippen molar-refractivity contribution < 1.29 is 19.1 Å². The first kappa shape index (κ1) is 32.2. The molecule has 0 heterocycles. The maximum absolute atomic E-state index is 14.1. The highest BCUT2D eigenvalue weighted by Gasteiger charge is 2.37. The molecule has 0 aliphatic carbocycles. The molecular formula is C31H45N3O4S. The first-order chi connectivity index (χ1) is 18.4. The van der Waals surface area contributed by atoms with Crippen LogP contribution in [-0.2, 0) is 14.3 Å². The number of hydrogen-bond donors (Lipinski definition) is 3. The molecule has 3 amide bonds. The summed E-state index contributed by atoms with van der Waals surface area (Å²) in [6.07, 6.45) is 3.02. The van der Waals surface area contributed by atoms with E-state index in [0.29, 0.717) is 12.2 Å². The Hall–Kier alpha value is -3.00. The van der Waals surface area contributed by atoms with Gasteiger partial charge >= 0.3 is 6.09 Å². The lowest BCUT2D eigenvalue weighted by Crippen LogP contribution is -2.53. The minimum Gasteiger partial charge on any atom is -0.444 e. The van der Waals surface area contributed by atoms with Gasteiger partial charge < -0.3 is 20.3 Å². The molecule has 2 rings (SSSR count). The van der Waals surface area contributed by atoms with Gasteiger partial charge in [0.15, 0.2) is 0 Å². The molecule has 0 radical (unpaired) electrons. The van der Waals surface area contributed by atoms with Gasteiger partial charge in [-0.15, -0.1) is 0 Å². The second-order valence-electron chi connectivity index (χ2n) is 11.0. The molecule has 2 aromatic carbocycles. The smallest absolute Gasteiger partial charge is 0.408 e. The van der Waals surface area contributed by atoms with E-state index < -0.39 is 23.8 Å². The Bertz CT molecular complexity index is 1110. The van der Waals surface area contributed by atoms with Crippen molar-refractivity contribution in [1.29, 1.82) is 0 Å². The van der Waals surface area contributed by atoms with E-state index in [9.17, 15) is 14.4 Å². The maximum Gasteiger partial charge on any atom is 0.408 e. The van der Waals surface area contributed by atoms with Crippen LogP contribution in [0, 0.1) is 20.8 Å². The van der Waals surface area contributed by atoms with Crippen LogP contribution >= 0.6 is 12.6 Å². The Labute approximate surface area is 239 Å². The van der Waals surface area contributed by atoms with Crippen LogP contribution in [0.5, 0.6) is 0 Å². The molecule has 0 spiro atoms. The number of amides is 3. The SMILES string of the molecule is CCCCCCN(C(=O)C(CS)NC(=O)OC(C)(C)C)C(C(=O)Nc1ccccc1C)c1c(C)cccc1C. The van der Waals surface area contributed by atoms with E-state index in [2.05, 4.69) is 30.2 Å². The number of carbonyl (C=O) groups excluding carboxylic acids is 3. The predicted molar refractivity (Wildman–Crippen MR) is 161 cm³/mol. The van der Waals surface area contributed by atoms with Crippen LogP contribution in [0.1, 0.15) is 81.7 Å². The number of thiol groups is 1. The van der Waals surface area contributed by atoms with E-state index in [1.54, 1.807) is 25.7 Å². The highest BCUT2D eigenvalue weighted by atomic mass is 32.1. The monoisotopic (exact) mass is 555 g/mol. The largest absolute Gasteiger partial charge is 0.444 e. The Balaban J connectivity index is 2.56. The van der Waals surface area contributed by atoms with Crippen LogP contribution in [0.15, 0.2) is 42.5 Å². The number of anilines is 1. The standard InChI is InChI=1S/C31H45N3O4S/c1-8-9-10-13-19-34(29(36)25(20-39)33-30(37)38-31(5,6)7)27(26-22(3)16-14-17-23(26)4)28(35)32-24-18-12-11-15-21(24)2/h11-12,14-18,25,27,39H,8-10,13,19-20H2,1-7H3,(H,32,35)(H,33,37). The molecular weight excluding hydrogens is 510 g/mol. The van der Waals surface area contributed by atoms with Gasteiger partial charge in [-0.1, -0.05) is 62.6 Å². The van der Waals surface area contributed by atoms with Gasteiger partial charge in [0.05, 0.1) is 0 Å². The summed E-state index contributed by atoms with van der Waals surface area (Å²) in [4.78, 5) is 42.4. The molecule has 0 saturated carbocycles. The number of rotatable bonds is 12. The molecule has 214 valence electrons. The molecule has 0 bridgehead atoms. The highest BCUT2D eigenvalue weighted by molar-refractivity contribution is 7.80. The molecule has 0 aromatic heterocycles. The lowest BCUT2D eigenvalue weighted by molar-refractivity contribution is -0.140. The fourth-order valence-electron chi connectivity index (χ4n) is 4.51. The zero-order chi connectivity index (χ0) is 29.2. The van der Waals surface area contributed by atoms with E-state index >= 15 is 0 Å². The van der Waals surface area contributed by atoms with Gasteiger partial charge in [-0.2, -0.15) is 12.6 Å². The van der Waals surface area contributed by atoms with Gasteiger partial charge in [-0.25, -0.2) is 4.79 Å². The van der Waals surface area contributed by atoms with Crippen LogP contribution < -0.4 is 10.6 Å². The van der Waals surface area contributed by atoms with E-state index in [-0.39, 0.29) is 17.6 Å². The quantitative estimate of drug-likeness (QED) is 0.205. The Morgan fingerprint density at radius 2 is 1.54 bits per heavy atom. The van der Waals surface area contributed by atoms with Crippen molar-refractivity contribution in [3.63, 3.8) is 0 Å². The van der Waals surface area contributed by atoms with E-state index in [1.165, 1.54) is 0 Å². The van der Waals surface area contributed by atoms with E-state index in [4.69, 9.17) is 4.74 Å². The van der Waals surface area contributed by atoms with Crippen LogP contribution in [-0.4, -0.2) is 46.7 Å². The summed E-state index contributed by atoms with van der Waals surface area (Å²) in [7, 11) is 0. The summed E-state index contributed by atoms with van der Waals surface area (Å²) in [6.45, 7) is 13.6. The zero-order valence-corrected chi connectivity index (χ0v) is 25.4. The maximum atomic E-state index is 14.1. The van der Waals surface area contributed by atoms with Gasteiger partial charge in [-0.05, 0) is 76.3 Å². The van der Waals surface area contributed by atoms with E-state index in [0.717, 1.165) is 47.9 Å². The summed E-state index contributed by atoms with van der Waals surface area (Å²) in [5, 5.41) is 5.74. The number of aryl methyl sites for hydroxylation is 3. The highest BCUT2D eigenvalue weighted by Crippen LogP contribution is 2.30. The molecule has 39 heavy (non-hydrogen) atoms. The van der Waals surface area contributed by atoms with Crippen molar-refractivity contribution in [1.82, 2.24) is 10.2 Å². The summed E-state index contributed by atoms with van der Waals surface area (Å²) < 4.78 is 5.40. The number of carbonyl (C=O) groups is 3. The number of hydrogen-bond acceptors (Lipinski definition) is 5. The molecule has 2 aromatic rings. The average molecular weight is 556 g/mol. The zero-order valence-electron chi connectivity index (χ0n) is 24.5. The minimum atomic E-state index is -0.965. The normalized spacial score (nSPS) is 12.8. The van der Waals surface area contributed by atoms with Crippen LogP contribution in [0.25, 0.3) is 0 Å². The van der Waals surface area contributed by atoms with E-state index in [1.807, 2.05) is 63.2 Å². The third-order valence-electron chi connectivity index (χ3n) is 6.49. The molecule has 2 atom stereocenters. The lowest BCUT2D eigenvalue weighted by Gasteiger charge is -2.35. The second-order valence-corrected chi connectivity index (χ2v) is 11.4. The molecule has 0 aliphatic heterocycles. The summed E-state index contributed by atoms with van der Waals surface area (Å²) in [5.41, 5.74) is 3.49. The Morgan fingerprint density at radius 1 is 0.923 bits per heavy atom. The first-order valence-corrected chi connectivity index (χ1v) is 14.4. The summed E-state index contributed by atoms with van der Waals surface area (Å²) in [5.74, 6) is -0.622. The average Bonchev–Trinajstić information content (AvgIpc) is 2.85. The number of alkyl carbamates (subject to hydrolysis) is 1. The number of nitrogens with zero attached hydrogens (tertiary/aromatic N) is 1. The van der Waals surface area contributed by atoms with Crippen LogP contribution in [0.3, 0.4) is 0 Å². The van der Waals surface area contributed by atoms with Crippen molar-refractivity contribution in [2.45, 2.75) is 91.8 Å². The molecule has 7 nitrogen and oxygen atoms in total. The van der Waals surface area contributed by atoms with Crippen molar-refractivity contribution in [3.8, 4) is 0 Å². The minimum absolute atomic E-state index is 0.0580. The molecule has 2 unspecified atom stereocenters. The number of ether oxygens (including phenoxy) is 1. The van der Waals surface area contributed by atoms with Gasteiger partial charge in [0.25, 0.3) is 5.91 Å². The van der Waals surface area contributed by atoms with Gasteiger partial charge in [0.2, 0.25) is 5.91 Å². The number of para-hydroxylation sites is 1. The third kappa shape index (κ3) is 9.60. The third-order valence-corrected chi connectivity index (χ3v) is 6.85. The topological polar surface area (TPSA) is 87.7 Å². The van der Waals surface area contributed by atoms with Crippen LogP contribution in [0.2, 0.25) is 0 Å². The molecule has 0 fully saturated rings. The number of unbranched alkanes of at least 4 members (excludes halogenated alkanes) is 3. The van der Waals surface area contributed by atoms with Gasteiger partial charge in [0, 0.05) is 18.0 Å². The summed E-state index contributed by atoms with van der Waals surface area (Å²) >= 11 is 4.38. The number of nitrogens with one attached hydrogen (secondary N) is 2. The van der Waals surface area contributed by atoms with Crippen molar-refractivity contribution in [2.24, 2.45) is 0 Å². The second kappa shape index (κ2) is 15.0. The molecule has 8 heteroatoms. The fraction of sp³-hybridized carbons (Fsp3) is 0.516. The Kier molecular flexibility index (Phi) is 12.4. The fourth-order valence-corrected chi connectivity index (χ4v) is 4.76. The Morgan fingerprint density at radius 3 is 2.10 bits per heavy atom. The van der Waals surface area contributed by atoms with Crippen LogP contribution in [0.4, 0.5) is 10.5 Å². The van der Waals surface area contributed by atoms with Gasteiger partial charge in [-0.3, -0.25) is 9.59 Å².